The number of hydrogen-bond donors (Lipinski definition) is 2. The molecule has 0 radical (unpaired) electrons. The number of benzene rings is 2. The lowest BCUT2D eigenvalue weighted by atomic mass is 9.95. The zero-order valence-corrected chi connectivity index (χ0v) is 26.0. The first-order chi connectivity index (χ1) is 22.0. The number of thiophene rings is 1. The number of rotatable bonds is 10. The molecule has 2 aliphatic rings. The number of halogens is 2. The number of aryl methyl sites for hydroxylation is 2. The number of carbonyl (C=O) groups is 1. The highest BCUT2D eigenvalue weighted by atomic mass is 35.5. The number of anilines is 2. The summed E-state index contributed by atoms with van der Waals surface area (Å²) >= 11 is 8.16. The molecule has 0 saturated carbocycles. The topological polar surface area (TPSA) is 106 Å². The Balaban J connectivity index is 1.04. The highest BCUT2D eigenvalue weighted by molar-refractivity contribution is 7.22. The van der Waals surface area contributed by atoms with Crippen molar-refractivity contribution < 1.29 is 18.7 Å². The molecule has 5 aromatic rings. The van der Waals surface area contributed by atoms with E-state index in [9.17, 15) is 9.18 Å². The number of fused-ring (bicyclic) bond motifs is 5. The second-order valence-electron chi connectivity index (χ2n) is 11.0. The summed E-state index contributed by atoms with van der Waals surface area (Å²) in [5, 5.41) is 12.6. The summed E-state index contributed by atoms with van der Waals surface area (Å²) < 4.78 is 26.5. The number of nitrogens with one attached hydrogen (secondary N) is 2. The van der Waals surface area contributed by atoms with E-state index in [4.69, 9.17) is 26.2 Å². The third kappa shape index (κ3) is 6.64. The molecule has 13 heteroatoms. The highest BCUT2D eigenvalue weighted by Crippen LogP contribution is 2.45. The van der Waals surface area contributed by atoms with Gasteiger partial charge in [0, 0.05) is 48.5 Å². The van der Waals surface area contributed by atoms with Crippen molar-refractivity contribution >= 4 is 50.6 Å². The van der Waals surface area contributed by atoms with Gasteiger partial charge in [0.1, 0.15) is 41.7 Å². The van der Waals surface area contributed by atoms with Crippen molar-refractivity contribution in [3.63, 3.8) is 0 Å². The van der Waals surface area contributed by atoms with Gasteiger partial charge in [-0.05, 0) is 54.3 Å². The van der Waals surface area contributed by atoms with Gasteiger partial charge in [0.25, 0.3) is 0 Å². The Morgan fingerprint density at radius 1 is 1.13 bits per heavy atom. The molecule has 0 bridgehead atoms. The molecule has 2 N–H and O–H groups in total. The molecule has 10 nitrogen and oxygen atoms in total. The minimum Gasteiger partial charge on any atom is -0.487 e. The van der Waals surface area contributed by atoms with E-state index in [1.165, 1.54) is 17.7 Å². The van der Waals surface area contributed by atoms with E-state index in [0.717, 1.165) is 83.3 Å². The fourth-order valence-electron chi connectivity index (χ4n) is 5.70. The minimum absolute atomic E-state index is 0.0546. The Morgan fingerprint density at radius 3 is 2.87 bits per heavy atom. The molecule has 1 fully saturated rings. The smallest absolute Gasteiger partial charge is 0.241 e. The van der Waals surface area contributed by atoms with Gasteiger partial charge in [-0.1, -0.05) is 23.7 Å². The first kappa shape index (κ1) is 29.6. The lowest BCUT2D eigenvalue weighted by Crippen LogP contribution is -2.41. The second-order valence-corrected chi connectivity index (χ2v) is 12.4. The molecule has 232 valence electrons. The van der Waals surface area contributed by atoms with Crippen molar-refractivity contribution in [1.29, 1.82) is 0 Å². The lowest BCUT2D eigenvalue weighted by molar-refractivity contribution is -0.121. The van der Waals surface area contributed by atoms with E-state index < -0.39 is 0 Å². The Morgan fingerprint density at radius 2 is 2.02 bits per heavy atom. The van der Waals surface area contributed by atoms with Crippen LogP contribution in [0, 0.1) is 5.82 Å². The van der Waals surface area contributed by atoms with Crippen LogP contribution >= 0.6 is 22.9 Å². The SMILES string of the molecule is O=C(Cn1cc2c(n1)CCc1c-2sc2ncnc(Nc3ccc(OCc4cccc(F)c4)c(Cl)c3)c12)NCCN1CCOCC1. The molecule has 0 unspecified atom stereocenters. The molecule has 3 aromatic heterocycles. The maximum atomic E-state index is 13.5. The number of nitrogens with zero attached hydrogens (tertiary/aromatic N) is 5. The Bertz CT molecular complexity index is 1860. The monoisotopic (exact) mass is 647 g/mol. The van der Waals surface area contributed by atoms with Gasteiger partial charge in [0.2, 0.25) is 5.91 Å². The van der Waals surface area contributed by atoms with Gasteiger partial charge < -0.3 is 20.1 Å². The summed E-state index contributed by atoms with van der Waals surface area (Å²) in [5.74, 6) is 0.831. The van der Waals surface area contributed by atoms with Crippen LogP contribution in [0.25, 0.3) is 20.7 Å². The molecule has 0 atom stereocenters. The molecule has 1 aliphatic carbocycles. The quantitative estimate of drug-likeness (QED) is 0.213. The first-order valence-electron chi connectivity index (χ1n) is 14.8. The molecular weight excluding hydrogens is 617 g/mol. The van der Waals surface area contributed by atoms with E-state index in [-0.39, 0.29) is 24.9 Å². The number of hydrogen-bond acceptors (Lipinski definition) is 9. The van der Waals surface area contributed by atoms with Crippen molar-refractivity contribution in [2.45, 2.75) is 26.0 Å². The third-order valence-corrected chi connectivity index (χ3v) is 9.39. The molecule has 45 heavy (non-hydrogen) atoms. The van der Waals surface area contributed by atoms with Gasteiger partial charge in [0.05, 0.1) is 29.3 Å². The summed E-state index contributed by atoms with van der Waals surface area (Å²) in [6.45, 7) is 5.07. The van der Waals surface area contributed by atoms with Crippen molar-refractivity contribution in [1.82, 2.24) is 30.0 Å². The van der Waals surface area contributed by atoms with Crippen molar-refractivity contribution in [2.24, 2.45) is 0 Å². The van der Waals surface area contributed by atoms with Crippen LogP contribution in [0.15, 0.2) is 55.0 Å². The van der Waals surface area contributed by atoms with Crippen LogP contribution in [-0.4, -0.2) is 69.9 Å². The van der Waals surface area contributed by atoms with Crippen LogP contribution in [0.2, 0.25) is 5.02 Å². The van der Waals surface area contributed by atoms with E-state index in [0.29, 0.717) is 23.1 Å². The zero-order chi connectivity index (χ0) is 30.8. The third-order valence-electron chi connectivity index (χ3n) is 7.92. The van der Waals surface area contributed by atoms with E-state index in [1.807, 2.05) is 12.3 Å². The molecule has 7 rings (SSSR count). The number of carbonyl (C=O) groups excluding carboxylic acids is 1. The molecule has 1 amide bonds. The molecule has 0 spiro atoms. The van der Waals surface area contributed by atoms with Crippen molar-refractivity contribution in [2.75, 3.05) is 44.7 Å². The van der Waals surface area contributed by atoms with Crippen LogP contribution in [-0.2, 0) is 35.5 Å². The van der Waals surface area contributed by atoms with Crippen LogP contribution in [0.4, 0.5) is 15.9 Å². The van der Waals surface area contributed by atoms with Crippen molar-refractivity contribution in [3.8, 4) is 16.2 Å². The molecule has 2 aromatic carbocycles. The maximum absolute atomic E-state index is 13.5. The van der Waals surface area contributed by atoms with Gasteiger partial charge in [-0.3, -0.25) is 14.4 Å². The Labute approximate surface area is 268 Å². The zero-order valence-electron chi connectivity index (χ0n) is 24.4. The average Bonchev–Trinajstić information content (AvgIpc) is 3.63. The van der Waals surface area contributed by atoms with Crippen LogP contribution in [0.3, 0.4) is 0 Å². The van der Waals surface area contributed by atoms with Crippen LogP contribution in [0.5, 0.6) is 5.75 Å². The summed E-state index contributed by atoms with van der Waals surface area (Å²) in [6.07, 6.45) is 5.07. The van der Waals surface area contributed by atoms with E-state index in [2.05, 4.69) is 25.5 Å². The fourth-order valence-corrected chi connectivity index (χ4v) is 7.16. The maximum Gasteiger partial charge on any atom is 0.241 e. The fraction of sp³-hybridized carbons (Fsp3) is 0.312. The van der Waals surface area contributed by atoms with E-state index >= 15 is 0 Å². The number of ether oxygens (including phenoxy) is 2. The predicted octanol–water partition coefficient (Wildman–Crippen LogP) is 5.22. The summed E-state index contributed by atoms with van der Waals surface area (Å²) in [7, 11) is 0. The van der Waals surface area contributed by atoms with E-state index in [1.54, 1.807) is 46.6 Å². The van der Waals surface area contributed by atoms with Gasteiger partial charge in [-0.15, -0.1) is 11.3 Å². The summed E-state index contributed by atoms with van der Waals surface area (Å²) in [4.78, 5) is 26.1. The Kier molecular flexibility index (Phi) is 8.61. The van der Waals surface area contributed by atoms with Gasteiger partial charge in [-0.25, -0.2) is 14.4 Å². The van der Waals surface area contributed by atoms with Crippen molar-refractivity contribution in [3.05, 3.63) is 82.6 Å². The number of amides is 1. The van der Waals surface area contributed by atoms with Gasteiger partial charge in [0.15, 0.2) is 0 Å². The predicted molar refractivity (Wildman–Crippen MR) is 172 cm³/mol. The standard InChI is InChI=1S/C32H31ClFN7O3S/c33-25-15-22(4-7-27(25)44-18-20-2-1-3-21(34)14-20)38-31-29-23-5-6-26-24(30(23)45-32(29)37-19-36-31)16-41(39-26)17-28(42)35-8-9-40-10-12-43-13-11-40/h1-4,7,14-16,19H,5-6,8-13,17-18H2,(H,35,42)(H,36,37,38). The largest absolute Gasteiger partial charge is 0.487 e. The Hall–Kier alpha value is -4.10. The summed E-state index contributed by atoms with van der Waals surface area (Å²) in [6, 6.07) is 11.7. The highest BCUT2D eigenvalue weighted by Gasteiger charge is 2.27. The number of aromatic nitrogens is 4. The first-order valence-corrected chi connectivity index (χ1v) is 16.0. The molecule has 1 saturated heterocycles. The average molecular weight is 648 g/mol. The number of morpholine rings is 1. The summed E-state index contributed by atoms with van der Waals surface area (Å²) in [5.41, 5.74) is 4.66. The lowest BCUT2D eigenvalue weighted by Gasteiger charge is -2.26. The molecule has 1 aliphatic heterocycles. The van der Waals surface area contributed by atoms with Gasteiger partial charge in [-0.2, -0.15) is 5.10 Å². The molecular formula is C32H31ClFN7O3S. The normalized spacial score (nSPS) is 14.6. The van der Waals surface area contributed by atoms with Gasteiger partial charge >= 0.3 is 0 Å². The second kappa shape index (κ2) is 13.1. The van der Waals surface area contributed by atoms with Crippen LogP contribution < -0.4 is 15.4 Å². The minimum atomic E-state index is -0.309. The molecule has 4 heterocycles. The van der Waals surface area contributed by atoms with Crippen LogP contribution in [0.1, 0.15) is 16.8 Å².